The Morgan fingerprint density at radius 3 is 2.75 bits per heavy atom. The van der Waals surface area contributed by atoms with E-state index in [1.54, 1.807) is 12.1 Å². The Bertz CT molecular complexity index is 382. The van der Waals surface area contributed by atoms with Crippen molar-refractivity contribution in [2.45, 2.75) is 26.2 Å². The fraction of sp³-hybridized carbons (Fsp3) is 0.462. The maximum atomic E-state index is 9.01. The summed E-state index contributed by atoms with van der Waals surface area (Å²) in [5, 5.41) is 9.69. The molecule has 1 aromatic carbocycles. The first-order chi connectivity index (χ1) is 7.69. The molecule has 1 aromatic rings. The number of hydrogen-bond acceptors (Lipinski definition) is 2. The first-order valence-electron chi connectivity index (χ1n) is 5.59. The van der Waals surface area contributed by atoms with E-state index in [4.69, 9.17) is 16.9 Å². The molecule has 3 heteroatoms. The molecule has 0 aromatic heterocycles. The molecule has 1 rings (SSSR count). The highest BCUT2D eigenvalue weighted by Gasteiger charge is 2.07. The van der Waals surface area contributed by atoms with E-state index in [0.29, 0.717) is 10.6 Å². The van der Waals surface area contributed by atoms with Crippen molar-refractivity contribution in [2.75, 3.05) is 18.5 Å². The number of unbranched alkanes of at least 4 members (excludes halogenated alkanes) is 2. The average Bonchev–Trinajstić information content (AvgIpc) is 2.29. The van der Waals surface area contributed by atoms with Crippen LogP contribution in [0.2, 0.25) is 5.02 Å². The molecule has 2 nitrogen and oxygen atoms in total. The molecular formula is C13H17ClN2. The number of benzene rings is 1. The van der Waals surface area contributed by atoms with Gasteiger partial charge in [-0.3, -0.25) is 0 Å². The van der Waals surface area contributed by atoms with E-state index in [9.17, 15) is 0 Å². The van der Waals surface area contributed by atoms with Crippen LogP contribution in [0.15, 0.2) is 18.2 Å². The molecule has 0 saturated carbocycles. The van der Waals surface area contributed by atoms with Crippen molar-refractivity contribution in [3.63, 3.8) is 0 Å². The Balaban J connectivity index is 2.77. The largest absolute Gasteiger partial charge is 0.373 e. The molecule has 0 spiro atoms. The fourth-order valence-corrected chi connectivity index (χ4v) is 1.80. The molecule has 0 heterocycles. The molecule has 0 aliphatic heterocycles. The van der Waals surface area contributed by atoms with Crippen LogP contribution in [0.3, 0.4) is 0 Å². The molecule has 0 amide bonds. The average molecular weight is 237 g/mol. The number of hydrogen-bond donors (Lipinski definition) is 0. The Morgan fingerprint density at radius 2 is 2.12 bits per heavy atom. The SMILES string of the molecule is CCCCCN(C)c1cc(Cl)ccc1C#N. The highest BCUT2D eigenvalue weighted by atomic mass is 35.5. The van der Waals surface area contributed by atoms with Gasteiger partial charge in [0.1, 0.15) is 6.07 Å². The zero-order chi connectivity index (χ0) is 12.0. The lowest BCUT2D eigenvalue weighted by Gasteiger charge is -2.20. The molecule has 0 bridgehead atoms. The lowest BCUT2D eigenvalue weighted by atomic mass is 10.1. The molecule has 86 valence electrons. The van der Waals surface area contributed by atoms with Crippen LogP contribution in [0.4, 0.5) is 5.69 Å². The van der Waals surface area contributed by atoms with Crippen molar-refractivity contribution in [1.29, 1.82) is 5.26 Å². The lowest BCUT2D eigenvalue weighted by molar-refractivity contribution is 0.705. The second kappa shape index (κ2) is 6.40. The fourth-order valence-electron chi connectivity index (χ4n) is 1.63. The molecule has 0 aliphatic carbocycles. The summed E-state index contributed by atoms with van der Waals surface area (Å²) in [7, 11) is 2.00. The van der Waals surface area contributed by atoms with Crippen molar-refractivity contribution < 1.29 is 0 Å². The van der Waals surface area contributed by atoms with Gasteiger partial charge in [0.05, 0.1) is 11.3 Å². The highest BCUT2D eigenvalue weighted by Crippen LogP contribution is 2.23. The first kappa shape index (κ1) is 12.9. The molecule has 0 unspecified atom stereocenters. The molecule has 0 saturated heterocycles. The Labute approximate surface area is 102 Å². The van der Waals surface area contributed by atoms with Gasteiger partial charge in [0, 0.05) is 18.6 Å². The van der Waals surface area contributed by atoms with E-state index in [1.807, 2.05) is 13.1 Å². The topological polar surface area (TPSA) is 27.0 Å². The van der Waals surface area contributed by atoms with E-state index < -0.39 is 0 Å². The van der Waals surface area contributed by atoms with Gasteiger partial charge in [0.25, 0.3) is 0 Å². The number of rotatable bonds is 5. The summed E-state index contributed by atoms with van der Waals surface area (Å²) in [6, 6.07) is 7.57. The number of nitriles is 1. The van der Waals surface area contributed by atoms with Gasteiger partial charge in [-0.05, 0) is 24.6 Å². The van der Waals surface area contributed by atoms with Crippen LogP contribution < -0.4 is 4.90 Å². The zero-order valence-electron chi connectivity index (χ0n) is 9.83. The lowest BCUT2D eigenvalue weighted by Crippen LogP contribution is -2.19. The van der Waals surface area contributed by atoms with E-state index in [0.717, 1.165) is 18.7 Å². The summed E-state index contributed by atoms with van der Waals surface area (Å²) in [6.07, 6.45) is 3.56. The van der Waals surface area contributed by atoms with Crippen molar-refractivity contribution in [1.82, 2.24) is 0 Å². The van der Waals surface area contributed by atoms with Crippen LogP contribution in [0.25, 0.3) is 0 Å². The zero-order valence-corrected chi connectivity index (χ0v) is 10.6. The predicted octanol–water partition coefficient (Wildman–Crippen LogP) is 3.84. The van der Waals surface area contributed by atoms with Gasteiger partial charge in [0.2, 0.25) is 0 Å². The van der Waals surface area contributed by atoms with Gasteiger partial charge in [-0.15, -0.1) is 0 Å². The minimum absolute atomic E-state index is 0.677. The minimum Gasteiger partial charge on any atom is -0.373 e. The van der Waals surface area contributed by atoms with E-state index in [1.165, 1.54) is 12.8 Å². The van der Waals surface area contributed by atoms with Gasteiger partial charge in [-0.2, -0.15) is 5.26 Å². The molecule has 0 fully saturated rings. The maximum Gasteiger partial charge on any atom is 0.101 e. The predicted molar refractivity (Wildman–Crippen MR) is 69.0 cm³/mol. The number of nitrogens with zero attached hydrogens (tertiary/aromatic N) is 2. The smallest absolute Gasteiger partial charge is 0.101 e. The molecule has 0 N–H and O–H groups in total. The van der Waals surface area contributed by atoms with Crippen molar-refractivity contribution in [2.24, 2.45) is 0 Å². The number of anilines is 1. The Kier molecular flexibility index (Phi) is 5.14. The number of halogens is 1. The van der Waals surface area contributed by atoms with E-state index in [2.05, 4.69) is 17.9 Å². The minimum atomic E-state index is 0.677. The van der Waals surface area contributed by atoms with Crippen molar-refractivity contribution in [3.05, 3.63) is 28.8 Å². The highest BCUT2D eigenvalue weighted by molar-refractivity contribution is 6.30. The third kappa shape index (κ3) is 3.43. The summed E-state index contributed by atoms with van der Waals surface area (Å²) >= 11 is 5.94. The van der Waals surface area contributed by atoms with Crippen LogP contribution >= 0.6 is 11.6 Å². The van der Waals surface area contributed by atoms with E-state index in [-0.39, 0.29) is 0 Å². The van der Waals surface area contributed by atoms with Gasteiger partial charge >= 0.3 is 0 Å². The normalized spacial score (nSPS) is 9.88. The quantitative estimate of drug-likeness (QED) is 0.727. The Hall–Kier alpha value is -1.20. The summed E-state index contributed by atoms with van der Waals surface area (Å²) in [6.45, 7) is 3.14. The summed E-state index contributed by atoms with van der Waals surface area (Å²) in [5.74, 6) is 0. The van der Waals surface area contributed by atoms with Crippen LogP contribution in [-0.2, 0) is 0 Å². The second-order valence-corrected chi connectivity index (χ2v) is 4.34. The van der Waals surface area contributed by atoms with Gasteiger partial charge in [-0.25, -0.2) is 0 Å². The third-order valence-electron chi connectivity index (χ3n) is 2.59. The van der Waals surface area contributed by atoms with Crippen LogP contribution in [0, 0.1) is 11.3 Å². The maximum absolute atomic E-state index is 9.01. The van der Waals surface area contributed by atoms with Gasteiger partial charge in [0.15, 0.2) is 0 Å². The summed E-state index contributed by atoms with van der Waals surface area (Å²) in [4.78, 5) is 2.10. The van der Waals surface area contributed by atoms with Gasteiger partial charge < -0.3 is 4.90 Å². The monoisotopic (exact) mass is 236 g/mol. The van der Waals surface area contributed by atoms with Crippen LogP contribution in [-0.4, -0.2) is 13.6 Å². The van der Waals surface area contributed by atoms with Crippen molar-refractivity contribution >= 4 is 17.3 Å². The summed E-state index contributed by atoms with van der Waals surface area (Å²) < 4.78 is 0. The standard InChI is InChI=1S/C13H17ClN2/c1-3-4-5-8-16(2)13-9-12(14)7-6-11(13)10-15/h6-7,9H,3-5,8H2,1-2H3. The molecule has 0 atom stereocenters. The molecular weight excluding hydrogens is 220 g/mol. The first-order valence-corrected chi connectivity index (χ1v) is 5.97. The second-order valence-electron chi connectivity index (χ2n) is 3.90. The van der Waals surface area contributed by atoms with Crippen LogP contribution in [0.5, 0.6) is 0 Å². The van der Waals surface area contributed by atoms with Crippen molar-refractivity contribution in [3.8, 4) is 6.07 Å². The van der Waals surface area contributed by atoms with E-state index >= 15 is 0 Å². The molecule has 0 radical (unpaired) electrons. The molecule has 16 heavy (non-hydrogen) atoms. The van der Waals surface area contributed by atoms with Crippen LogP contribution in [0.1, 0.15) is 31.7 Å². The Morgan fingerprint density at radius 1 is 1.38 bits per heavy atom. The summed E-state index contributed by atoms with van der Waals surface area (Å²) in [5.41, 5.74) is 1.61. The van der Waals surface area contributed by atoms with Gasteiger partial charge in [-0.1, -0.05) is 31.4 Å². The molecule has 0 aliphatic rings. The third-order valence-corrected chi connectivity index (χ3v) is 2.82.